The van der Waals surface area contributed by atoms with Crippen LogP contribution in [0.5, 0.6) is 5.75 Å². The van der Waals surface area contributed by atoms with Gasteiger partial charge < -0.3 is 4.74 Å². The Labute approximate surface area is 110 Å². The molecule has 18 heavy (non-hydrogen) atoms. The van der Waals surface area contributed by atoms with Crippen molar-refractivity contribution in [1.82, 2.24) is 0 Å². The molecule has 0 aromatic heterocycles. The average Bonchev–Trinajstić information content (AvgIpc) is 2.29. The molecule has 0 aliphatic rings. The molecule has 0 saturated carbocycles. The third-order valence-electron chi connectivity index (χ3n) is 3.09. The van der Waals surface area contributed by atoms with E-state index in [9.17, 15) is 4.91 Å². The first-order valence-electron chi connectivity index (χ1n) is 6.44. The Bertz CT molecular complexity index is 399. The molecule has 0 aliphatic carbocycles. The van der Waals surface area contributed by atoms with Crippen molar-refractivity contribution < 1.29 is 4.74 Å². The smallest absolute Gasteiger partial charge is 0.122 e. The van der Waals surface area contributed by atoms with E-state index in [0.717, 1.165) is 24.2 Å². The maximum atomic E-state index is 10.3. The molecule has 1 rings (SSSR count). The van der Waals surface area contributed by atoms with Crippen molar-refractivity contribution in [2.45, 2.75) is 40.5 Å². The molecule has 0 unspecified atom stereocenters. The average molecular weight is 249 g/mol. The first-order chi connectivity index (χ1) is 8.44. The number of nitrogens with zero attached hydrogens (tertiary/aromatic N) is 1. The van der Waals surface area contributed by atoms with Gasteiger partial charge >= 0.3 is 0 Å². The van der Waals surface area contributed by atoms with E-state index in [2.05, 4.69) is 51.1 Å². The first kappa shape index (κ1) is 14.7. The molecule has 1 aromatic carbocycles. The Morgan fingerprint density at radius 3 is 2.67 bits per heavy atom. The van der Waals surface area contributed by atoms with Gasteiger partial charge in [0.2, 0.25) is 0 Å². The molecule has 0 radical (unpaired) electrons. The Balaban J connectivity index is 2.38. The van der Waals surface area contributed by atoms with Gasteiger partial charge in [0, 0.05) is 0 Å². The summed E-state index contributed by atoms with van der Waals surface area (Å²) in [5.74, 6) is 0.960. The van der Waals surface area contributed by atoms with Gasteiger partial charge in [-0.1, -0.05) is 31.2 Å². The summed E-state index contributed by atoms with van der Waals surface area (Å²) >= 11 is 0. The van der Waals surface area contributed by atoms with Gasteiger partial charge in [-0.25, -0.2) is 0 Å². The summed E-state index contributed by atoms with van der Waals surface area (Å²) in [6.45, 7) is 9.29. The Hall–Kier alpha value is -1.38. The van der Waals surface area contributed by atoms with Gasteiger partial charge in [-0.3, -0.25) is 0 Å². The van der Waals surface area contributed by atoms with E-state index in [1.54, 1.807) is 0 Å². The number of hydrogen-bond acceptors (Lipinski definition) is 3. The zero-order chi connectivity index (χ0) is 13.6. The zero-order valence-electron chi connectivity index (χ0n) is 11.8. The minimum Gasteiger partial charge on any atom is -0.493 e. The fourth-order valence-corrected chi connectivity index (χ4v) is 1.85. The van der Waals surface area contributed by atoms with Gasteiger partial charge in [0.25, 0.3) is 0 Å². The third-order valence-corrected chi connectivity index (χ3v) is 3.09. The number of nitroso groups, excluding NO2 is 1. The second-order valence-corrected chi connectivity index (χ2v) is 5.67. The van der Waals surface area contributed by atoms with Crippen LogP contribution in [0.25, 0.3) is 0 Å². The summed E-state index contributed by atoms with van der Waals surface area (Å²) < 4.78 is 5.78. The quantitative estimate of drug-likeness (QED) is 0.535. The van der Waals surface area contributed by atoms with Crippen LogP contribution in [0.4, 0.5) is 0 Å². The van der Waals surface area contributed by atoms with Crippen molar-refractivity contribution in [3.8, 4) is 5.75 Å². The first-order valence-corrected chi connectivity index (χ1v) is 6.44. The summed E-state index contributed by atoms with van der Waals surface area (Å²) in [6, 6.07) is 6.22. The second-order valence-electron chi connectivity index (χ2n) is 5.67. The highest BCUT2D eigenvalue weighted by molar-refractivity contribution is 5.35. The van der Waals surface area contributed by atoms with E-state index < -0.39 is 0 Å². The second kappa shape index (κ2) is 6.53. The lowest BCUT2D eigenvalue weighted by Gasteiger charge is -2.20. The van der Waals surface area contributed by atoms with Crippen molar-refractivity contribution in [3.63, 3.8) is 0 Å². The molecule has 3 heteroatoms. The summed E-state index contributed by atoms with van der Waals surface area (Å²) in [7, 11) is 0. The fourth-order valence-electron chi connectivity index (χ4n) is 1.85. The van der Waals surface area contributed by atoms with Crippen molar-refractivity contribution in [2.75, 3.05) is 13.2 Å². The summed E-state index contributed by atoms with van der Waals surface area (Å²) in [6.07, 6.45) is 1.89. The molecule has 0 fully saturated rings. The van der Waals surface area contributed by atoms with Crippen molar-refractivity contribution in [1.29, 1.82) is 0 Å². The molecule has 3 nitrogen and oxygen atoms in total. The molecule has 0 saturated heterocycles. The van der Waals surface area contributed by atoms with Gasteiger partial charge in [-0.15, -0.1) is 0 Å². The molecular weight excluding hydrogens is 226 g/mol. The van der Waals surface area contributed by atoms with Gasteiger partial charge in [-0.05, 0) is 49.3 Å². The van der Waals surface area contributed by atoms with Crippen LogP contribution in [-0.2, 0) is 0 Å². The van der Waals surface area contributed by atoms with Gasteiger partial charge in [0.15, 0.2) is 0 Å². The van der Waals surface area contributed by atoms with Crippen LogP contribution >= 0.6 is 0 Å². The number of hydrogen-bond donors (Lipinski definition) is 0. The highest BCUT2D eigenvalue weighted by Gasteiger charge is 2.17. The predicted octanol–water partition coefficient (Wildman–Crippen LogP) is 4.26. The van der Waals surface area contributed by atoms with Crippen molar-refractivity contribution in [2.24, 2.45) is 10.6 Å². The van der Waals surface area contributed by atoms with Crippen LogP contribution in [0.15, 0.2) is 23.4 Å². The molecule has 0 N–H and O–H groups in total. The molecule has 0 bridgehead atoms. The lowest BCUT2D eigenvalue weighted by Crippen LogP contribution is -2.16. The van der Waals surface area contributed by atoms with E-state index in [0.29, 0.717) is 13.2 Å². The molecular formula is C15H23NO2. The normalized spacial score (nSPS) is 11.3. The number of rotatable bonds is 7. The molecule has 1 aromatic rings. The highest BCUT2D eigenvalue weighted by Crippen LogP contribution is 2.24. The molecule has 100 valence electrons. The Kier molecular flexibility index (Phi) is 5.32. The van der Waals surface area contributed by atoms with Gasteiger partial charge in [-0.2, -0.15) is 4.91 Å². The van der Waals surface area contributed by atoms with Gasteiger partial charge in [0.05, 0.1) is 13.2 Å². The van der Waals surface area contributed by atoms with Crippen LogP contribution < -0.4 is 4.74 Å². The van der Waals surface area contributed by atoms with Crippen LogP contribution in [0.3, 0.4) is 0 Å². The summed E-state index contributed by atoms with van der Waals surface area (Å²) in [5.41, 5.74) is 2.35. The van der Waals surface area contributed by atoms with E-state index in [1.807, 2.05) is 0 Å². The largest absolute Gasteiger partial charge is 0.493 e. The van der Waals surface area contributed by atoms with Crippen molar-refractivity contribution in [3.05, 3.63) is 34.2 Å². The fraction of sp³-hybridized carbons (Fsp3) is 0.600. The molecule has 0 spiro atoms. The third kappa shape index (κ3) is 4.86. The van der Waals surface area contributed by atoms with E-state index in [4.69, 9.17) is 4.74 Å². The topological polar surface area (TPSA) is 38.7 Å². The summed E-state index contributed by atoms with van der Waals surface area (Å²) in [5, 5.41) is 2.98. The number of ether oxygens (including phenoxy) is 1. The summed E-state index contributed by atoms with van der Waals surface area (Å²) in [4.78, 5) is 10.3. The molecule has 0 heterocycles. The van der Waals surface area contributed by atoms with Crippen LogP contribution in [0.1, 0.15) is 37.8 Å². The monoisotopic (exact) mass is 249 g/mol. The SMILES string of the molecule is Cc1ccc(C)c(OCCCC(C)(C)CN=O)c1. The minimum atomic E-state index is -0.0211. The van der Waals surface area contributed by atoms with E-state index >= 15 is 0 Å². The van der Waals surface area contributed by atoms with E-state index in [1.165, 1.54) is 5.56 Å². The molecule has 0 atom stereocenters. The molecule has 0 amide bonds. The lowest BCUT2D eigenvalue weighted by molar-refractivity contribution is 0.260. The van der Waals surface area contributed by atoms with Crippen LogP contribution in [0.2, 0.25) is 0 Å². The lowest BCUT2D eigenvalue weighted by atomic mass is 9.88. The predicted molar refractivity (Wildman–Crippen MR) is 75.1 cm³/mol. The number of aryl methyl sites for hydroxylation is 2. The Morgan fingerprint density at radius 1 is 1.28 bits per heavy atom. The standard InChI is InChI=1S/C15H23NO2/c1-12-6-7-13(2)14(10-12)18-9-5-8-15(3,4)11-16-17/h6-7,10H,5,8-9,11H2,1-4H3. The maximum absolute atomic E-state index is 10.3. The van der Waals surface area contributed by atoms with Crippen LogP contribution in [-0.4, -0.2) is 13.2 Å². The minimum absolute atomic E-state index is 0.0211. The number of benzene rings is 1. The van der Waals surface area contributed by atoms with Crippen LogP contribution in [0, 0.1) is 24.2 Å². The maximum Gasteiger partial charge on any atom is 0.122 e. The van der Waals surface area contributed by atoms with Crippen molar-refractivity contribution >= 4 is 0 Å². The zero-order valence-corrected chi connectivity index (χ0v) is 11.8. The Morgan fingerprint density at radius 2 is 2.00 bits per heavy atom. The van der Waals surface area contributed by atoms with E-state index in [-0.39, 0.29) is 5.41 Å². The van der Waals surface area contributed by atoms with Gasteiger partial charge in [0.1, 0.15) is 5.75 Å². The highest BCUT2D eigenvalue weighted by atomic mass is 16.5. The molecule has 0 aliphatic heterocycles.